The average molecular weight is 380 g/mol. The second-order valence-electron chi connectivity index (χ2n) is 5.98. The fourth-order valence-electron chi connectivity index (χ4n) is 3.03. The van der Waals surface area contributed by atoms with E-state index in [0.717, 1.165) is 10.4 Å². The highest BCUT2D eigenvalue weighted by Crippen LogP contribution is 2.31. The van der Waals surface area contributed by atoms with Crippen molar-refractivity contribution >= 4 is 38.4 Å². The van der Waals surface area contributed by atoms with E-state index in [0.29, 0.717) is 33.8 Å². The number of carbonyl (C=O) groups excluding carboxylic acids is 1. The number of rotatable bonds is 4. The summed E-state index contributed by atoms with van der Waals surface area (Å²) in [5, 5.41) is 18.4. The minimum atomic E-state index is -0.234. The largest absolute Gasteiger partial charge is 0.323 e. The molecule has 5 aromatic heterocycles. The predicted octanol–water partition coefficient (Wildman–Crippen LogP) is 1.07. The van der Waals surface area contributed by atoms with Gasteiger partial charge in [-0.15, -0.1) is 11.3 Å². The van der Waals surface area contributed by atoms with E-state index in [2.05, 4.69) is 30.5 Å². The van der Waals surface area contributed by atoms with Crippen LogP contribution in [-0.4, -0.2) is 45.5 Å². The molecule has 0 radical (unpaired) electrons. The summed E-state index contributed by atoms with van der Waals surface area (Å²) in [6.07, 6.45) is 4.78. The Hall–Kier alpha value is -3.60. The van der Waals surface area contributed by atoms with Crippen LogP contribution in [0.3, 0.4) is 0 Å². The number of aryl methyl sites for hydroxylation is 1. The van der Waals surface area contributed by atoms with E-state index in [1.54, 1.807) is 36.1 Å². The SMILES string of the molecule is Cn1c2nc(C(=O)c3ccn[nH]3)sc2c2cnn(Cc3ccn[nH]3)c(=O)c21. The molecule has 0 aliphatic carbocycles. The molecule has 0 aromatic carbocycles. The number of H-pyrrole nitrogens is 2. The summed E-state index contributed by atoms with van der Waals surface area (Å²) < 4.78 is 3.84. The van der Waals surface area contributed by atoms with Crippen LogP contribution in [0, 0.1) is 0 Å². The molecule has 5 aromatic rings. The van der Waals surface area contributed by atoms with Crippen LogP contribution in [-0.2, 0) is 13.6 Å². The van der Waals surface area contributed by atoms with Crippen molar-refractivity contribution in [3.63, 3.8) is 0 Å². The number of hydrogen-bond acceptors (Lipinski definition) is 7. The number of nitrogens with one attached hydrogen (secondary N) is 2. The van der Waals surface area contributed by atoms with Gasteiger partial charge in [-0.3, -0.25) is 19.8 Å². The zero-order valence-electron chi connectivity index (χ0n) is 14.0. The monoisotopic (exact) mass is 380 g/mol. The molecule has 0 atom stereocenters. The summed E-state index contributed by atoms with van der Waals surface area (Å²) >= 11 is 1.24. The van der Waals surface area contributed by atoms with Gasteiger partial charge in [-0.2, -0.15) is 15.3 Å². The normalized spacial score (nSPS) is 11.6. The molecule has 0 amide bonds. The zero-order chi connectivity index (χ0) is 18.5. The van der Waals surface area contributed by atoms with Crippen LogP contribution in [0.5, 0.6) is 0 Å². The van der Waals surface area contributed by atoms with E-state index >= 15 is 0 Å². The van der Waals surface area contributed by atoms with Gasteiger partial charge in [-0.1, -0.05) is 0 Å². The first-order chi connectivity index (χ1) is 13.1. The summed E-state index contributed by atoms with van der Waals surface area (Å²) in [6.45, 7) is 0.296. The Morgan fingerprint density at radius 1 is 1.22 bits per heavy atom. The predicted molar refractivity (Wildman–Crippen MR) is 97.9 cm³/mol. The Labute approximate surface area is 154 Å². The van der Waals surface area contributed by atoms with Crippen molar-refractivity contribution in [1.82, 2.24) is 39.7 Å². The minimum Gasteiger partial charge on any atom is -0.323 e. The number of nitrogens with zero attached hydrogens (tertiary/aromatic N) is 6. The first kappa shape index (κ1) is 15.6. The lowest BCUT2D eigenvalue weighted by atomic mass is 10.3. The van der Waals surface area contributed by atoms with Crippen LogP contribution >= 0.6 is 11.3 Å². The smallest absolute Gasteiger partial charge is 0.291 e. The zero-order valence-corrected chi connectivity index (χ0v) is 14.8. The lowest BCUT2D eigenvalue weighted by Crippen LogP contribution is -2.24. The van der Waals surface area contributed by atoms with Crippen molar-refractivity contribution < 1.29 is 4.79 Å². The summed E-state index contributed by atoms with van der Waals surface area (Å²) in [5.74, 6) is -0.234. The molecule has 0 saturated heterocycles. The van der Waals surface area contributed by atoms with Gasteiger partial charge >= 0.3 is 0 Å². The number of carbonyl (C=O) groups is 1. The van der Waals surface area contributed by atoms with Crippen molar-refractivity contribution in [3.8, 4) is 0 Å². The molecule has 0 spiro atoms. The summed E-state index contributed by atoms with van der Waals surface area (Å²) in [7, 11) is 1.76. The third-order valence-corrected chi connectivity index (χ3v) is 5.42. The van der Waals surface area contributed by atoms with E-state index in [1.165, 1.54) is 22.2 Å². The van der Waals surface area contributed by atoms with Crippen LogP contribution in [0.15, 0.2) is 35.5 Å². The number of thiazole rings is 1. The van der Waals surface area contributed by atoms with Gasteiger partial charge in [-0.25, -0.2) is 9.67 Å². The van der Waals surface area contributed by atoms with Crippen LogP contribution in [0.4, 0.5) is 0 Å². The van der Waals surface area contributed by atoms with Crippen molar-refractivity contribution in [3.05, 3.63) is 57.5 Å². The van der Waals surface area contributed by atoms with E-state index in [9.17, 15) is 9.59 Å². The second kappa shape index (κ2) is 5.71. The molecule has 5 heterocycles. The average Bonchev–Trinajstić information content (AvgIpc) is 3.44. The number of aromatic amines is 2. The fraction of sp³-hybridized carbons (Fsp3) is 0.125. The highest BCUT2D eigenvalue weighted by atomic mass is 32.1. The molecular formula is C16H12N8O2S. The van der Waals surface area contributed by atoms with E-state index in [-0.39, 0.29) is 11.3 Å². The lowest BCUT2D eigenvalue weighted by molar-refractivity contribution is 0.103. The lowest BCUT2D eigenvalue weighted by Gasteiger charge is -2.03. The Morgan fingerprint density at radius 2 is 2.04 bits per heavy atom. The molecule has 0 bridgehead atoms. The maximum Gasteiger partial charge on any atom is 0.291 e. The molecule has 0 unspecified atom stereocenters. The standard InChI is InChI=1S/C16H12N8O2S/c1-23-11-9(6-19-24(16(11)26)7-8-2-4-17-21-8)13-14(23)20-15(27-13)12(25)10-3-5-18-22-10/h2-6H,7H2,1H3,(H,17,21)(H,18,22). The van der Waals surface area contributed by atoms with Gasteiger partial charge in [0.1, 0.15) is 11.2 Å². The molecular weight excluding hydrogens is 368 g/mol. The molecule has 0 saturated carbocycles. The van der Waals surface area contributed by atoms with Crippen molar-refractivity contribution in [2.75, 3.05) is 0 Å². The van der Waals surface area contributed by atoms with Crippen molar-refractivity contribution in [2.24, 2.45) is 7.05 Å². The van der Waals surface area contributed by atoms with Gasteiger partial charge in [0.15, 0.2) is 10.7 Å². The van der Waals surface area contributed by atoms with E-state index in [4.69, 9.17) is 0 Å². The van der Waals surface area contributed by atoms with Gasteiger partial charge in [0, 0.05) is 24.8 Å². The second-order valence-corrected chi connectivity index (χ2v) is 6.98. The van der Waals surface area contributed by atoms with Gasteiger partial charge in [0.05, 0.1) is 23.1 Å². The highest BCUT2D eigenvalue weighted by Gasteiger charge is 2.22. The van der Waals surface area contributed by atoms with Crippen LogP contribution in [0.1, 0.15) is 21.2 Å². The van der Waals surface area contributed by atoms with Gasteiger partial charge < -0.3 is 4.57 Å². The van der Waals surface area contributed by atoms with Crippen LogP contribution < -0.4 is 5.56 Å². The molecule has 2 N–H and O–H groups in total. The van der Waals surface area contributed by atoms with Gasteiger partial charge in [0.2, 0.25) is 5.78 Å². The Kier molecular flexibility index (Phi) is 3.31. The molecule has 5 rings (SSSR count). The molecule has 10 nitrogen and oxygen atoms in total. The van der Waals surface area contributed by atoms with Crippen molar-refractivity contribution in [1.29, 1.82) is 0 Å². The number of ketones is 1. The third-order valence-electron chi connectivity index (χ3n) is 4.34. The Bertz CT molecular complexity index is 1340. The first-order valence-corrected chi connectivity index (χ1v) is 8.82. The molecule has 11 heteroatoms. The van der Waals surface area contributed by atoms with Crippen LogP contribution in [0.2, 0.25) is 0 Å². The molecule has 0 aliphatic rings. The summed E-state index contributed by atoms with van der Waals surface area (Å²) in [5.41, 5.74) is 2.01. The number of hydrogen-bond donors (Lipinski definition) is 2. The van der Waals surface area contributed by atoms with Gasteiger partial charge in [-0.05, 0) is 12.1 Å². The molecule has 0 aliphatic heterocycles. The quantitative estimate of drug-likeness (QED) is 0.449. The van der Waals surface area contributed by atoms with E-state index in [1.807, 2.05) is 0 Å². The first-order valence-electron chi connectivity index (χ1n) is 8.01. The van der Waals surface area contributed by atoms with E-state index < -0.39 is 0 Å². The molecule has 0 fully saturated rings. The third kappa shape index (κ3) is 2.32. The summed E-state index contributed by atoms with van der Waals surface area (Å²) in [4.78, 5) is 29.8. The maximum atomic E-state index is 12.9. The summed E-state index contributed by atoms with van der Waals surface area (Å²) in [6, 6.07) is 3.39. The van der Waals surface area contributed by atoms with Crippen molar-refractivity contribution in [2.45, 2.75) is 6.54 Å². The topological polar surface area (TPSA) is 127 Å². The Morgan fingerprint density at radius 3 is 2.78 bits per heavy atom. The molecule has 27 heavy (non-hydrogen) atoms. The molecule has 134 valence electrons. The van der Waals surface area contributed by atoms with Crippen LogP contribution in [0.25, 0.3) is 21.3 Å². The number of fused-ring (bicyclic) bond motifs is 3. The fourth-order valence-corrected chi connectivity index (χ4v) is 4.09. The maximum absolute atomic E-state index is 12.9. The minimum absolute atomic E-state index is 0.226. The highest BCUT2D eigenvalue weighted by molar-refractivity contribution is 7.21. The van der Waals surface area contributed by atoms with Gasteiger partial charge in [0.25, 0.3) is 5.56 Å². The number of aromatic nitrogens is 8. The Balaban J connectivity index is 1.65.